The molecule has 0 aromatic carbocycles. The van der Waals surface area contributed by atoms with Crippen molar-refractivity contribution < 1.29 is 13.0 Å². The molecule has 0 aromatic heterocycles. The van der Waals surface area contributed by atoms with Crippen molar-refractivity contribution in [1.29, 1.82) is 0 Å². The molecule has 0 fully saturated rings. The summed E-state index contributed by atoms with van der Waals surface area (Å²) in [5, 5.41) is 0. The van der Waals surface area contributed by atoms with Crippen molar-refractivity contribution in [3.8, 4) is 0 Å². The Morgan fingerprint density at radius 3 is 2.25 bits per heavy atom. The number of halogens is 1. The summed E-state index contributed by atoms with van der Waals surface area (Å²) in [4.78, 5) is 0. The highest BCUT2D eigenvalue weighted by molar-refractivity contribution is 7.85. The van der Waals surface area contributed by atoms with E-state index < -0.39 is 15.9 Å². The molecule has 0 rings (SSSR count). The molecular weight excluding hydrogens is 152 g/mol. The first-order valence-corrected chi connectivity index (χ1v) is 3.81. The van der Waals surface area contributed by atoms with Gasteiger partial charge in [0.05, 0.1) is 5.75 Å². The molecule has 5 heteroatoms. The maximum atomic E-state index is 9.84. The van der Waals surface area contributed by atoms with Gasteiger partial charge < -0.3 is 0 Å². The molecule has 0 atom stereocenters. The van der Waals surface area contributed by atoms with Gasteiger partial charge in [-0.1, -0.05) is 17.7 Å². The monoisotopic (exact) mass is 156 g/mol. The molecule has 0 heterocycles. The Kier molecular flexibility index (Phi) is 3.04. The predicted molar refractivity (Wildman–Crippen MR) is 31.4 cm³/mol. The van der Waals surface area contributed by atoms with E-state index in [-0.39, 0.29) is 0 Å². The van der Waals surface area contributed by atoms with Crippen LogP contribution in [0.5, 0.6) is 0 Å². The predicted octanol–water partition coefficient (Wildman–Crippen LogP) is 0.627. The highest BCUT2D eigenvalue weighted by Crippen LogP contribution is 1.84. The number of hydrogen-bond donors (Lipinski definition) is 1. The van der Waals surface area contributed by atoms with Gasteiger partial charge in [0.1, 0.15) is 0 Å². The second-order valence-electron chi connectivity index (χ2n) is 1.11. The van der Waals surface area contributed by atoms with Crippen LogP contribution in [-0.4, -0.2) is 18.7 Å². The van der Waals surface area contributed by atoms with Crippen LogP contribution in [0, 0.1) is 0 Å². The third-order valence-corrected chi connectivity index (χ3v) is 1.19. The lowest BCUT2D eigenvalue weighted by molar-refractivity contribution is 0.487. The lowest BCUT2D eigenvalue weighted by Crippen LogP contribution is -1.99. The first kappa shape index (κ1) is 7.94. The minimum absolute atomic E-state index is 0.420. The summed E-state index contributed by atoms with van der Waals surface area (Å²) in [7, 11) is -3.86. The zero-order chi connectivity index (χ0) is 6.62. The van der Waals surface area contributed by atoms with Crippen LogP contribution in [0.2, 0.25) is 0 Å². The van der Waals surface area contributed by atoms with Crippen LogP contribution in [-0.2, 0) is 10.1 Å². The normalized spacial score (nSPS) is 12.8. The topological polar surface area (TPSA) is 54.4 Å². The van der Waals surface area contributed by atoms with Crippen molar-refractivity contribution in [1.82, 2.24) is 0 Å². The Balaban J connectivity index is 3.76. The van der Waals surface area contributed by atoms with E-state index in [1.165, 1.54) is 0 Å². The van der Waals surface area contributed by atoms with Gasteiger partial charge in [0, 0.05) is 5.54 Å². The summed E-state index contributed by atoms with van der Waals surface area (Å²) < 4.78 is 27.7. The Morgan fingerprint density at radius 2 is 2.12 bits per heavy atom. The van der Waals surface area contributed by atoms with Crippen molar-refractivity contribution in [2.75, 3.05) is 5.75 Å². The highest BCUT2D eigenvalue weighted by atomic mass is 35.5. The highest BCUT2D eigenvalue weighted by Gasteiger charge is 1.96. The van der Waals surface area contributed by atoms with E-state index in [1.54, 1.807) is 0 Å². The summed E-state index contributed by atoms with van der Waals surface area (Å²) in [5.41, 5.74) is 1.04. The van der Waals surface area contributed by atoms with E-state index >= 15 is 0 Å². The summed E-state index contributed by atoms with van der Waals surface area (Å²) in [6.07, 6.45) is 1.14. The lowest BCUT2D eigenvalue weighted by Gasteiger charge is -1.83. The van der Waals surface area contributed by atoms with Crippen LogP contribution >= 0.6 is 11.6 Å². The second kappa shape index (κ2) is 3.06. The number of hydrogen-bond acceptors (Lipinski definition) is 2. The van der Waals surface area contributed by atoms with Gasteiger partial charge in [-0.2, -0.15) is 8.42 Å². The second-order valence-corrected chi connectivity index (χ2v) is 2.86. The molecule has 8 heavy (non-hydrogen) atoms. The Morgan fingerprint density at radius 1 is 1.62 bits per heavy atom. The quantitative estimate of drug-likeness (QED) is 0.597. The van der Waals surface area contributed by atoms with E-state index in [4.69, 9.17) is 16.2 Å². The van der Waals surface area contributed by atoms with Crippen molar-refractivity contribution in [2.45, 2.75) is 0 Å². The Bertz CT molecular complexity index is 169. The molecule has 0 radical (unpaired) electrons. The van der Waals surface area contributed by atoms with E-state index in [9.17, 15) is 8.42 Å². The minimum Gasteiger partial charge on any atom is -0.285 e. The van der Waals surface area contributed by atoms with Gasteiger partial charge in [0.2, 0.25) is 0 Å². The van der Waals surface area contributed by atoms with Crippen molar-refractivity contribution in [3.63, 3.8) is 0 Å². The fraction of sp³-hybridized carbons (Fsp3) is 0.333. The molecule has 0 saturated carbocycles. The molecule has 48 valence electrons. The molecule has 0 saturated heterocycles. The maximum Gasteiger partial charge on any atom is 0.268 e. The molecule has 0 aliphatic carbocycles. The fourth-order valence-corrected chi connectivity index (χ4v) is 0.692. The van der Waals surface area contributed by atoms with Gasteiger partial charge >= 0.3 is 0 Å². The van der Waals surface area contributed by atoms with Gasteiger partial charge in [-0.05, 0) is 0 Å². The molecule has 0 amide bonds. The zero-order valence-corrected chi connectivity index (χ0v) is 5.48. The maximum absolute atomic E-state index is 9.84. The molecule has 0 aliphatic heterocycles. The Labute approximate surface area is 52.7 Å². The van der Waals surface area contributed by atoms with Gasteiger partial charge in [0.15, 0.2) is 0 Å². The van der Waals surface area contributed by atoms with Crippen LogP contribution < -0.4 is 0 Å². The van der Waals surface area contributed by atoms with E-state index in [0.29, 0.717) is 0 Å². The first-order chi connectivity index (χ1) is 3.56. The Hall–Kier alpha value is -0.0600. The molecule has 0 bridgehead atoms. The van der Waals surface area contributed by atoms with Crippen molar-refractivity contribution in [3.05, 3.63) is 11.6 Å². The van der Waals surface area contributed by atoms with Gasteiger partial charge in [0.25, 0.3) is 10.1 Å². The van der Waals surface area contributed by atoms with Crippen LogP contribution in [0.3, 0.4) is 0 Å². The average molecular weight is 157 g/mol. The first-order valence-electron chi connectivity index (χ1n) is 1.76. The van der Waals surface area contributed by atoms with Crippen LogP contribution in [0.4, 0.5) is 0 Å². The summed E-state index contributed by atoms with van der Waals surface area (Å²) in [6.45, 7) is 0. The average Bonchev–Trinajstić information content (AvgIpc) is 1.59. The summed E-state index contributed by atoms with van der Waals surface area (Å²) >= 11 is 4.95. The van der Waals surface area contributed by atoms with Crippen LogP contribution in [0.15, 0.2) is 11.6 Å². The molecule has 1 N–H and O–H groups in total. The van der Waals surface area contributed by atoms with Gasteiger partial charge in [-0.15, -0.1) is 0 Å². The lowest BCUT2D eigenvalue weighted by atomic mass is 10.8. The van der Waals surface area contributed by atoms with Crippen LogP contribution in [0.1, 0.15) is 0 Å². The smallest absolute Gasteiger partial charge is 0.268 e. The molecule has 0 unspecified atom stereocenters. The van der Waals surface area contributed by atoms with Gasteiger partial charge in [-0.25, -0.2) is 0 Å². The zero-order valence-electron chi connectivity index (χ0n) is 3.91. The van der Waals surface area contributed by atoms with E-state index in [0.717, 1.165) is 11.6 Å². The molecule has 0 aromatic rings. The molecule has 0 spiro atoms. The van der Waals surface area contributed by atoms with E-state index in [2.05, 4.69) is 0 Å². The summed E-state index contributed by atoms with van der Waals surface area (Å²) in [6, 6.07) is 0. The van der Waals surface area contributed by atoms with Crippen LogP contribution in [0.25, 0.3) is 0 Å². The molecular formula is C3H5ClO3S. The summed E-state index contributed by atoms with van der Waals surface area (Å²) in [5.74, 6) is -0.420. The third kappa shape index (κ3) is 5.94. The SMILES string of the molecule is O=S(=O)(O)CC=CCl. The van der Waals surface area contributed by atoms with E-state index in [1.807, 2.05) is 0 Å². The molecule has 0 aliphatic rings. The fourth-order valence-electron chi connectivity index (χ4n) is 0.158. The van der Waals surface area contributed by atoms with Gasteiger partial charge in [-0.3, -0.25) is 4.55 Å². The van der Waals surface area contributed by atoms with Crippen molar-refractivity contribution >= 4 is 21.7 Å². The molecule has 3 nitrogen and oxygen atoms in total. The number of rotatable bonds is 2. The largest absolute Gasteiger partial charge is 0.285 e. The standard InChI is InChI=1S/C3H5ClO3S/c4-2-1-3-8(5,6)7/h1-2H,3H2,(H,5,6,7). The minimum atomic E-state index is -3.86. The van der Waals surface area contributed by atoms with Crippen molar-refractivity contribution in [2.24, 2.45) is 0 Å². The third-order valence-electron chi connectivity index (χ3n) is 0.396.